The number of anilines is 1. The lowest BCUT2D eigenvalue weighted by molar-refractivity contribution is 0.368. The van der Waals surface area contributed by atoms with Crippen molar-refractivity contribution in [1.82, 2.24) is 4.98 Å². The summed E-state index contributed by atoms with van der Waals surface area (Å²) in [4.78, 5) is 14.2. The zero-order valence-corrected chi connectivity index (χ0v) is 14.3. The summed E-state index contributed by atoms with van der Waals surface area (Å²) in [6, 6.07) is 6.70. The van der Waals surface area contributed by atoms with Crippen molar-refractivity contribution in [3.05, 3.63) is 43.1 Å². The van der Waals surface area contributed by atoms with Crippen LogP contribution in [0.15, 0.2) is 21.4 Å². The van der Waals surface area contributed by atoms with Crippen molar-refractivity contribution in [1.29, 1.82) is 10.5 Å². The van der Waals surface area contributed by atoms with E-state index in [0.717, 1.165) is 0 Å². The van der Waals surface area contributed by atoms with Gasteiger partial charge in [-0.25, -0.2) is 0 Å². The van der Waals surface area contributed by atoms with Crippen molar-refractivity contribution < 1.29 is 4.74 Å². The van der Waals surface area contributed by atoms with E-state index in [1.165, 1.54) is 6.07 Å². The van der Waals surface area contributed by atoms with E-state index in [1.807, 2.05) is 6.07 Å². The fraction of sp³-hybridized carbons (Fsp3) is 0.0625. The predicted octanol–water partition coefficient (Wildman–Crippen LogP) is 2.80. The number of nitrogen functional groups attached to an aromatic ring is 1. The van der Waals surface area contributed by atoms with Crippen molar-refractivity contribution in [2.75, 3.05) is 12.3 Å². The zero-order chi connectivity index (χ0) is 17.9. The summed E-state index contributed by atoms with van der Waals surface area (Å²) in [5.41, 5.74) is 5.21. The van der Waals surface area contributed by atoms with E-state index in [2.05, 4.69) is 26.8 Å². The third kappa shape index (κ3) is 3.07. The minimum atomic E-state index is -0.691. The molecule has 118 valence electrons. The Hall–Kier alpha value is -2.92. The predicted molar refractivity (Wildman–Crippen MR) is 93.4 cm³/mol. The molecule has 0 aliphatic carbocycles. The lowest BCUT2D eigenvalue weighted by Gasteiger charge is -2.13. The van der Waals surface area contributed by atoms with Gasteiger partial charge in [0.15, 0.2) is 5.75 Å². The quantitative estimate of drug-likeness (QED) is 0.765. The Kier molecular flexibility index (Phi) is 5.16. The molecule has 0 atom stereocenters. The summed E-state index contributed by atoms with van der Waals surface area (Å²) < 4.78 is 5.78. The number of nitrogens with zero attached hydrogens (tertiary/aromatic N) is 2. The number of ether oxygens (including phenoxy) is 1. The Morgan fingerprint density at radius 2 is 2.00 bits per heavy atom. The summed E-state index contributed by atoms with van der Waals surface area (Å²) >= 11 is 9.48. The number of nitriles is 2. The number of hydrogen-bond donors (Lipinski definition) is 2. The number of pyridine rings is 1. The van der Waals surface area contributed by atoms with Crippen LogP contribution >= 0.6 is 27.5 Å². The first-order valence-electron chi connectivity index (χ1n) is 6.36. The fourth-order valence-corrected chi connectivity index (χ4v) is 3.05. The average Bonchev–Trinajstić information content (AvgIpc) is 2.53. The van der Waals surface area contributed by atoms with Crippen LogP contribution in [0.5, 0.6) is 5.75 Å². The maximum atomic E-state index is 12.0. The van der Waals surface area contributed by atoms with E-state index < -0.39 is 5.56 Å². The smallest absolute Gasteiger partial charge is 0.268 e. The van der Waals surface area contributed by atoms with Gasteiger partial charge in [-0.3, -0.25) is 4.79 Å². The fourth-order valence-electron chi connectivity index (χ4n) is 2.09. The Bertz CT molecular complexity index is 986. The summed E-state index contributed by atoms with van der Waals surface area (Å²) in [5, 5.41) is 18.8. The molecule has 0 radical (unpaired) electrons. The van der Waals surface area contributed by atoms with E-state index >= 15 is 0 Å². The lowest BCUT2D eigenvalue weighted by atomic mass is 9.96. The molecule has 0 amide bonds. The monoisotopic (exact) mass is 402 g/mol. The molecule has 0 unspecified atom stereocenters. The second-order valence-corrected chi connectivity index (χ2v) is 5.74. The first-order chi connectivity index (χ1) is 11.4. The maximum absolute atomic E-state index is 12.0. The number of H-pyrrole nitrogens is 1. The van der Waals surface area contributed by atoms with Crippen LogP contribution in [-0.2, 0) is 0 Å². The highest BCUT2D eigenvalue weighted by Gasteiger charge is 2.20. The summed E-state index contributed by atoms with van der Waals surface area (Å²) in [5.74, 6) is 2.50. The van der Waals surface area contributed by atoms with Crippen molar-refractivity contribution in [3.63, 3.8) is 0 Å². The third-order valence-electron chi connectivity index (χ3n) is 3.06. The molecule has 1 aromatic heterocycles. The molecular formula is C16H8BrClN4O2. The highest BCUT2D eigenvalue weighted by atomic mass is 79.9. The zero-order valence-electron chi connectivity index (χ0n) is 12.0. The topological polar surface area (TPSA) is 116 Å². The molecule has 0 saturated heterocycles. The molecule has 0 fully saturated rings. The van der Waals surface area contributed by atoms with Gasteiger partial charge < -0.3 is 15.5 Å². The number of benzene rings is 1. The van der Waals surface area contributed by atoms with E-state index in [-0.39, 0.29) is 34.1 Å². The Labute approximate surface area is 150 Å². The van der Waals surface area contributed by atoms with Gasteiger partial charge in [-0.2, -0.15) is 10.5 Å². The van der Waals surface area contributed by atoms with Gasteiger partial charge in [0.1, 0.15) is 35.7 Å². The number of nitrogens with two attached hydrogens (primary N) is 1. The number of halogens is 2. The van der Waals surface area contributed by atoms with Crippen LogP contribution in [0.4, 0.5) is 5.82 Å². The van der Waals surface area contributed by atoms with Gasteiger partial charge in [0.05, 0.1) is 9.50 Å². The number of hydrogen-bond acceptors (Lipinski definition) is 5. The number of aromatic amines is 1. The number of nitrogens with one attached hydrogen (secondary N) is 1. The molecule has 6 nitrogen and oxygen atoms in total. The summed E-state index contributed by atoms with van der Waals surface area (Å²) in [6.07, 6.45) is 5.15. The van der Waals surface area contributed by atoms with Gasteiger partial charge in [0.25, 0.3) is 5.56 Å². The Morgan fingerprint density at radius 3 is 2.54 bits per heavy atom. The number of terminal acetylenes is 1. The minimum Gasteiger partial charge on any atom is -0.478 e. The second-order valence-electron chi connectivity index (χ2n) is 4.48. The van der Waals surface area contributed by atoms with Crippen LogP contribution in [0.25, 0.3) is 11.1 Å². The molecule has 0 aliphatic rings. The minimum absolute atomic E-state index is 0.0164. The molecule has 1 aromatic carbocycles. The van der Waals surface area contributed by atoms with Crippen LogP contribution in [0, 0.1) is 35.0 Å². The SMILES string of the molecule is C#CCOc1c(Cl)cc(-c2c(C#N)c(N)[nH]c(=O)c2C#N)cc1Br. The first kappa shape index (κ1) is 17.4. The van der Waals surface area contributed by atoms with Gasteiger partial charge >= 0.3 is 0 Å². The van der Waals surface area contributed by atoms with E-state index in [9.17, 15) is 15.3 Å². The van der Waals surface area contributed by atoms with E-state index in [0.29, 0.717) is 15.8 Å². The van der Waals surface area contributed by atoms with Crippen LogP contribution in [-0.4, -0.2) is 11.6 Å². The highest BCUT2D eigenvalue weighted by molar-refractivity contribution is 9.10. The van der Waals surface area contributed by atoms with Crippen LogP contribution in [0.1, 0.15) is 11.1 Å². The van der Waals surface area contributed by atoms with Crippen molar-refractivity contribution >= 4 is 33.3 Å². The van der Waals surface area contributed by atoms with Gasteiger partial charge in [0.2, 0.25) is 0 Å². The highest BCUT2D eigenvalue weighted by Crippen LogP contribution is 2.39. The summed E-state index contributed by atoms with van der Waals surface area (Å²) in [7, 11) is 0. The molecule has 3 N–H and O–H groups in total. The molecule has 2 aromatic rings. The Morgan fingerprint density at radius 1 is 1.33 bits per heavy atom. The largest absolute Gasteiger partial charge is 0.478 e. The standard InChI is InChI=1S/C16H8BrClN4O2/c1-2-3-24-14-11(17)4-8(5-12(14)18)13-9(6-19)15(21)22-16(23)10(13)7-20/h1,4-5H,3H2,(H3,21,22,23). The van der Waals surface area contributed by atoms with Gasteiger partial charge in [-0.1, -0.05) is 17.5 Å². The second kappa shape index (κ2) is 7.10. The van der Waals surface area contributed by atoms with Crippen molar-refractivity contribution in [2.24, 2.45) is 0 Å². The molecule has 8 heteroatoms. The number of aromatic nitrogens is 1. The molecule has 1 heterocycles. The molecule has 2 rings (SSSR count). The molecular weight excluding hydrogens is 396 g/mol. The molecule has 0 bridgehead atoms. The Balaban J connectivity index is 2.80. The normalized spacial score (nSPS) is 9.62. The van der Waals surface area contributed by atoms with Crippen LogP contribution in [0.3, 0.4) is 0 Å². The lowest BCUT2D eigenvalue weighted by Crippen LogP contribution is -2.16. The average molecular weight is 404 g/mol. The van der Waals surface area contributed by atoms with Crippen LogP contribution in [0.2, 0.25) is 5.02 Å². The van der Waals surface area contributed by atoms with Crippen LogP contribution < -0.4 is 16.0 Å². The van der Waals surface area contributed by atoms with E-state index in [4.69, 9.17) is 28.5 Å². The number of rotatable bonds is 3. The first-order valence-corrected chi connectivity index (χ1v) is 7.53. The maximum Gasteiger partial charge on any atom is 0.268 e. The third-order valence-corrected chi connectivity index (χ3v) is 3.92. The van der Waals surface area contributed by atoms with Gasteiger partial charge in [-0.05, 0) is 33.6 Å². The molecule has 24 heavy (non-hydrogen) atoms. The molecule has 0 spiro atoms. The summed E-state index contributed by atoms with van der Waals surface area (Å²) in [6.45, 7) is 0.0164. The molecule has 0 saturated carbocycles. The van der Waals surface area contributed by atoms with Crippen molar-refractivity contribution in [2.45, 2.75) is 0 Å². The molecule has 0 aliphatic heterocycles. The van der Waals surface area contributed by atoms with E-state index in [1.54, 1.807) is 12.1 Å². The van der Waals surface area contributed by atoms with Crippen molar-refractivity contribution in [3.8, 4) is 41.4 Å². The van der Waals surface area contributed by atoms with Gasteiger partial charge in [-0.15, -0.1) is 6.42 Å². The van der Waals surface area contributed by atoms with Gasteiger partial charge in [0, 0.05) is 5.56 Å².